The molecule has 0 saturated heterocycles. The van der Waals surface area contributed by atoms with E-state index >= 15 is 0 Å². The van der Waals surface area contributed by atoms with Gasteiger partial charge in [0, 0.05) is 0 Å². The Morgan fingerprint density at radius 2 is 1.85 bits per heavy atom. The number of esters is 1. The molecule has 168 valence electrons. The maximum absolute atomic E-state index is 14.0. The summed E-state index contributed by atoms with van der Waals surface area (Å²) in [4.78, 5) is 16.5. The maximum atomic E-state index is 14.0. The van der Waals surface area contributed by atoms with Crippen LogP contribution >= 0.6 is 15.9 Å². The van der Waals surface area contributed by atoms with Crippen LogP contribution in [0.5, 0.6) is 11.5 Å². The van der Waals surface area contributed by atoms with Crippen molar-refractivity contribution in [2.45, 2.75) is 20.5 Å². The molecule has 3 aromatic rings. The lowest BCUT2D eigenvalue weighted by atomic mass is 10.1. The van der Waals surface area contributed by atoms with Gasteiger partial charge >= 0.3 is 5.97 Å². The number of cyclic esters (lactones) is 1. The zero-order valence-corrected chi connectivity index (χ0v) is 19.7. The lowest BCUT2D eigenvalue weighted by Crippen LogP contribution is -2.07. The second-order valence-electron chi connectivity index (χ2n) is 7.35. The zero-order valence-electron chi connectivity index (χ0n) is 18.1. The van der Waals surface area contributed by atoms with Gasteiger partial charge in [0.1, 0.15) is 12.4 Å². The summed E-state index contributed by atoms with van der Waals surface area (Å²) in [7, 11) is 0. The van der Waals surface area contributed by atoms with Crippen LogP contribution in [0.15, 0.2) is 75.8 Å². The minimum atomic E-state index is -0.651. The smallest absolute Gasteiger partial charge is 0.363 e. The summed E-state index contributed by atoms with van der Waals surface area (Å²) in [6, 6.07) is 17.6. The van der Waals surface area contributed by atoms with Crippen molar-refractivity contribution < 1.29 is 23.4 Å². The van der Waals surface area contributed by atoms with Crippen LogP contribution in [0.1, 0.15) is 29.2 Å². The van der Waals surface area contributed by atoms with E-state index in [0.717, 1.165) is 5.56 Å². The molecule has 7 heteroatoms. The number of ether oxygens (including phenoxy) is 3. The van der Waals surface area contributed by atoms with Crippen LogP contribution in [0, 0.1) is 12.7 Å². The van der Waals surface area contributed by atoms with Gasteiger partial charge in [-0.1, -0.05) is 42.0 Å². The number of aliphatic imine (C=N–C) groups is 1. The fourth-order valence-corrected chi connectivity index (χ4v) is 3.81. The number of benzene rings is 3. The van der Waals surface area contributed by atoms with Gasteiger partial charge in [-0.3, -0.25) is 0 Å². The predicted molar refractivity (Wildman–Crippen MR) is 128 cm³/mol. The van der Waals surface area contributed by atoms with Gasteiger partial charge in [-0.2, -0.15) is 0 Å². The largest absolute Gasteiger partial charge is 0.490 e. The quantitative estimate of drug-likeness (QED) is 0.280. The average molecular weight is 510 g/mol. The molecule has 3 aromatic carbocycles. The number of rotatable bonds is 7. The van der Waals surface area contributed by atoms with Crippen LogP contribution in [-0.2, 0) is 16.1 Å². The molecule has 1 aliphatic rings. The molecule has 1 aliphatic heterocycles. The first kappa shape index (κ1) is 22.7. The molecule has 0 amide bonds. The molecule has 0 fully saturated rings. The van der Waals surface area contributed by atoms with Crippen molar-refractivity contribution in [2.24, 2.45) is 4.99 Å². The average Bonchev–Trinajstić information content (AvgIpc) is 3.15. The summed E-state index contributed by atoms with van der Waals surface area (Å²) in [5.41, 5.74) is 3.06. The summed E-state index contributed by atoms with van der Waals surface area (Å²) in [5.74, 6) is -0.144. The fraction of sp³-hybridized carbons (Fsp3) is 0.154. The molecule has 33 heavy (non-hydrogen) atoms. The molecular formula is C26H21BrFNO4. The second-order valence-corrected chi connectivity index (χ2v) is 8.21. The third-order valence-corrected chi connectivity index (χ3v) is 5.45. The molecule has 0 atom stereocenters. The molecule has 0 bridgehead atoms. The number of carbonyl (C=O) groups is 1. The monoisotopic (exact) mass is 509 g/mol. The van der Waals surface area contributed by atoms with E-state index in [4.69, 9.17) is 14.2 Å². The van der Waals surface area contributed by atoms with Gasteiger partial charge in [0.05, 0.1) is 16.6 Å². The molecule has 0 radical (unpaired) electrons. The van der Waals surface area contributed by atoms with E-state index in [0.29, 0.717) is 34.7 Å². The van der Waals surface area contributed by atoms with Gasteiger partial charge in [0.25, 0.3) is 0 Å². The lowest BCUT2D eigenvalue weighted by Gasteiger charge is -2.15. The molecule has 0 aliphatic carbocycles. The third-order valence-electron chi connectivity index (χ3n) is 4.86. The highest BCUT2D eigenvalue weighted by Gasteiger charge is 2.26. The highest BCUT2D eigenvalue weighted by atomic mass is 79.9. The number of hydrogen-bond donors (Lipinski definition) is 0. The van der Waals surface area contributed by atoms with Crippen LogP contribution < -0.4 is 9.47 Å². The van der Waals surface area contributed by atoms with E-state index in [9.17, 15) is 9.18 Å². The summed E-state index contributed by atoms with van der Waals surface area (Å²) < 4.78 is 31.7. The third kappa shape index (κ3) is 5.31. The minimum absolute atomic E-state index is 0.0634. The van der Waals surface area contributed by atoms with Gasteiger partial charge in [0.2, 0.25) is 5.90 Å². The van der Waals surface area contributed by atoms with Crippen LogP contribution in [0.25, 0.3) is 6.08 Å². The molecule has 0 aromatic heterocycles. The first-order valence-corrected chi connectivity index (χ1v) is 11.2. The van der Waals surface area contributed by atoms with Gasteiger partial charge in [-0.25, -0.2) is 14.2 Å². The minimum Gasteiger partial charge on any atom is -0.490 e. The van der Waals surface area contributed by atoms with Gasteiger partial charge in [0.15, 0.2) is 17.2 Å². The molecular weight excluding hydrogens is 489 g/mol. The van der Waals surface area contributed by atoms with E-state index in [1.54, 1.807) is 30.3 Å². The van der Waals surface area contributed by atoms with Crippen molar-refractivity contribution in [2.75, 3.05) is 6.61 Å². The summed E-state index contributed by atoms with van der Waals surface area (Å²) in [6.45, 7) is 4.72. The summed E-state index contributed by atoms with van der Waals surface area (Å²) in [5, 5.41) is 0. The van der Waals surface area contributed by atoms with E-state index in [1.165, 1.54) is 17.7 Å². The number of nitrogens with zero attached hydrogens (tertiary/aromatic N) is 1. The highest BCUT2D eigenvalue weighted by Crippen LogP contribution is 2.38. The standard InChI is InChI=1S/C26H21BrFNO4/c1-3-31-23-14-18(12-20(27)24(23)32-15-17-10-8-16(2)9-11-17)13-22-26(30)33-25(29-22)19-6-4-5-7-21(19)28/h4-14H,3,15H2,1-2H3/b22-13-. The van der Waals surface area contributed by atoms with E-state index in [-0.39, 0.29) is 17.2 Å². The first-order chi connectivity index (χ1) is 15.9. The second kappa shape index (κ2) is 10.0. The van der Waals surface area contributed by atoms with Gasteiger partial charge in [-0.15, -0.1) is 0 Å². The summed E-state index contributed by atoms with van der Waals surface area (Å²) in [6.07, 6.45) is 1.56. The van der Waals surface area contributed by atoms with Gasteiger partial charge in [-0.05, 0) is 71.2 Å². The summed E-state index contributed by atoms with van der Waals surface area (Å²) >= 11 is 3.54. The Labute approximate surface area is 199 Å². The molecule has 0 unspecified atom stereocenters. The molecule has 4 rings (SSSR count). The Kier molecular flexibility index (Phi) is 6.89. The van der Waals surface area contributed by atoms with Crippen molar-refractivity contribution >= 4 is 33.9 Å². The number of hydrogen-bond acceptors (Lipinski definition) is 5. The van der Waals surface area contributed by atoms with Crippen molar-refractivity contribution in [1.82, 2.24) is 0 Å². The van der Waals surface area contributed by atoms with E-state index in [1.807, 2.05) is 38.1 Å². The molecule has 0 N–H and O–H groups in total. The molecule has 0 spiro atoms. The molecule has 5 nitrogen and oxygen atoms in total. The number of carbonyl (C=O) groups excluding carboxylic acids is 1. The van der Waals surface area contributed by atoms with Crippen LogP contribution in [-0.4, -0.2) is 18.5 Å². The fourth-order valence-electron chi connectivity index (χ4n) is 3.23. The lowest BCUT2D eigenvalue weighted by molar-refractivity contribution is -0.129. The Morgan fingerprint density at radius 3 is 2.58 bits per heavy atom. The topological polar surface area (TPSA) is 57.1 Å². The van der Waals surface area contributed by atoms with Crippen LogP contribution in [0.2, 0.25) is 0 Å². The normalized spacial score (nSPS) is 14.2. The van der Waals surface area contributed by atoms with Crippen molar-refractivity contribution in [1.29, 1.82) is 0 Å². The first-order valence-electron chi connectivity index (χ1n) is 10.4. The van der Waals surface area contributed by atoms with E-state index < -0.39 is 11.8 Å². The number of aryl methyl sites for hydroxylation is 1. The Balaban J connectivity index is 1.61. The Bertz CT molecular complexity index is 1250. The SMILES string of the molecule is CCOc1cc(/C=C2\N=C(c3ccccc3F)OC2=O)cc(Br)c1OCc1ccc(C)cc1. The Hall–Kier alpha value is -3.45. The Morgan fingerprint density at radius 1 is 1.09 bits per heavy atom. The molecule has 0 saturated carbocycles. The molecule has 1 heterocycles. The van der Waals surface area contributed by atoms with Crippen molar-refractivity contribution in [3.05, 3.63) is 98.9 Å². The predicted octanol–water partition coefficient (Wildman–Crippen LogP) is 6.22. The maximum Gasteiger partial charge on any atom is 0.363 e. The van der Waals surface area contributed by atoms with Crippen molar-refractivity contribution in [3.8, 4) is 11.5 Å². The highest BCUT2D eigenvalue weighted by molar-refractivity contribution is 9.10. The van der Waals surface area contributed by atoms with Crippen LogP contribution in [0.4, 0.5) is 4.39 Å². The van der Waals surface area contributed by atoms with Gasteiger partial charge < -0.3 is 14.2 Å². The zero-order chi connectivity index (χ0) is 23.4. The number of halogens is 2. The van der Waals surface area contributed by atoms with E-state index in [2.05, 4.69) is 20.9 Å². The van der Waals surface area contributed by atoms with Crippen LogP contribution in [0.3, 0.4) is 0 Å². The van der Waals surface area contributed by atoms with Crippen molar-refractivity contribution in [3.63, 3.8) is 0 Å².